The van der Waals surface area contributed by atoms with E-state index in [4.69, 9.17) is 0 Å². The Bertz CT molecular complexity index is 1310. The highest BCUT2D eigenvalue weighted by atomic mass is 19.1. The number of nitrogens with one attached hydrogen (secondary N) is 1. The molecule has 1 saturated carbocycles. The van der Waals surface area contributed by atoms with Crippen molar-refractivity contribution < 1.29 is 18.8 Å². The molecule has 0 radical (unpaired) electrons. The third-order valence-corrected chi connectivity index (χ3v) is 7.56. The molecule has 6 nitrogen and oxygen atoms in total. The number of carbonyl (C=O) groups is 3. The van der Waals surface area contributed by atoms with Gasteiger partial charge in [-0.2, -0.15) is 0 Å². The Hall–Kier alpha value is -3.74. The lowest BCUT2D eigenvalue weighted by Crippen LogP contribution is -2.49. The summed E-state index contributed by atoms with van der Waals surface area (Å²) in [6, 6.07) is 17.1. The quantitative estimate of drug-likeness (QED) is 0.438. The molecule has 0 saturated heterocycles. The maximum absolute atomic E-state index is 13.4. The van der Waals surface area contributed by atoms with Crippen molar-refractivity contribution in [2.24, 2.45) is 0 Å². The number of halogens is 1. The summed E-state index contributed by atoms with van der Waals surface area (Å²) in [7, 11) is 0. The number of rotatable bonds is 9. The molecule has 1 unspecified atom stereocenters. The van der Waals surface area contributed by atoms with Gasteiger partial charge in [0, 0.05) is 36.5 Å². The fraction of sp³-hybridized carbons (Fsp3) is 0.367. The molecule has 3 aromatic carbocycles. The Morgan fingerprint density at radius 3 is 2.49 bits per heavy atom. The Balaban J connectivity index is 1.27. The largest absolute Gasteiger partial charge is 0.352 e. The summed E-state index contributed by atoms with van der Waals surface area (Å²) in [5.74, 6) is -0.730. The SMILES string of the molecule is CC(C(=O)NC1CCCC1)N(Cc1ccc(F)cc1)C(=O)CCCN1C(=O)c2cccc3cccc1c23. The van der Waals surface area contributed by atoms with Crippen molar-refractivity contribution in [3.63, 3.8) is 0 Å². The minimum Gasteiger partial charge on any atom is -0.352 e. The first-order chi connectivity index (χ1) is 17.9. The summed E-state index contributed by atoms with van der Waals surface area (Å²) in [4.78, 5) is 42.8. The molecule has 1 aliphatic carbocycles. The van der Waals surface area contributed by atoms with E-state index in [-0.39, 0.29) is 42.5 Å². The van der Waals surface area contributed by atoms with Gasteiger partial charge in [0.05, 0.1) is 5.69 Å². The maximum Gasteiger partial charge on any atom is 0.258 e. The van der Waals surface area contributed by atoms with Crippen LogP contribution in [-0.2, 0) is 16.1 Å². The molecule has 192 valence electrons. The van der Waals surface area contributed by atoms with Crippen molar-refractivity contribution in [3.05, 3.63) is 77.6 Å². The van der Waals surface area contributed by atoms with Crippen LogP contribution < -0.4 is 10.2 Å². The van der Waals surface area contributed by atoms with Gasteiger partial charge in [-0.25, -0.2) is 4.39 Å². The molecular formula is C30H32FN3O3. The number of carbonyl (C=O) groups excluding carboxylic acids is 3. The van der Waals surface area contributed by atoms with Crippen LogP contribution in [0.5, 0.6) is 0 Å². The molecule has 3 amide bonds. The van der Waals surface area contributed by atoms with Gasteiger partial charge in [-0.3, -0.25) is 14.4 Å². The Labute approximate surface area is 216 Å². The van der Waals surface area contributed by atoms with Crippen LogP contribution in [0.15, 0.2) is 60.7 Å². The average Bonchev–Trinajstić information content (AvgIpc) is 3.51. The van der Waals surface area contributed by atoms with Gasteiger partial charge in [-0.05, 0) is 61.4 Å². The summed E-state index contributed by atoms with van der Waals surface area (Å²) in [5.41, 5.74) is 2.32. The minimum absolute atomic E-state index is 0.0493. The van der Waals surface area contributed by atoms with Crippen LogP contribution in [0.1, 0.15) is 61.4 Å². The molecule has 1 fully saturated rings. The summed E-state index contributed by atoms with van der Waals surface area (Å²) >= 11 is 0. The zero-order valence-corrected chi connectivity index (χ0v) is 21.1. The topological polar surface area (TPSA) is 69.7 Å². The van der Waals surface area contributed by atoms with Crippen LogP contribution in [0, 0.1) is 5.82 Å². The molecule has 0 spiro atoms. The summed E-state index contributed by atoms with van der Waals surface area (Å²) in [6.07, 6.45) is 4.78. The highest BCUT2D eigenvalue weighted by Gasteiger charge is 2.31. The molecule has 1 aliphatic heterocycles. The van der Waals surface area contributed by atoms with Crippen molar-refractivity contribution >= 4 is 34.2 Å². The van der Waals surface area contributed by atoms with Crippen LogP contribution in [0.4, 0.5) is 10.1 Å². The average molecular weight is 502 g/mol. The number of benzene rings is 3. The lowest BCUT2D eigenvalue weighted by molar-refractivity contribution is -0.141. The molecule has 2 aliphatic rings. The second-order valence-corrected chi connectivity index (χ2v) is 10.1. The second-order valence-electron chi connectivity index (χ2n) is 10.1. The molecule has 1 heterocycles. The van der Waals surface area contributed by atoms with Crippen molar-refractivity contribution in [3.8, 4) is 0 Å². The summed E-state index contributed by atoms with van der Waals surface area (Å²) in [6.45, 7) is 2.37. The van der Waals surface area contributed by atoms with E-state index in [1.54, 1.807) is 28.9 Å². The van der Waals surface area contributed by atoms with Crippen molar-refractivity contribution in [2.75, 3.05) is 11.4 Å². The van der Waals surface area contributed by atoms with Gasteiger partial charge in [-0.1, -0.05) is 49.2 Å². The fourth-order valence-electron chi connectivity index (χ4n) is 5.49. The van der Waals surface area contributed by atoms with E-state index < -0.39 is 6.04 Å². The van der Waals surface area contributed by atoms with Crippen LogP contribution in [-0.4, -0.2) is 41.2 Å². The number of hydrogen-bond acceptors (Lipinski definition) is 3. The first kappa shape index (κ1) is 24.9. The van der Waals surface area contributed by atoms with Gasteiger partial charge >= 0.3 is 0 Å². The van der Waals surface area contributed by atoms with Crippen molar-refractivity contribution in [1.82, 2.24) is 10.2 Å². The van der Waals surface area contributed by atoms with E-state index >= 15 is 0 Å². The highest BCUT2D eigenvalue weighted by molar-refractivity contribution is 6.25. The number of amides is 3. The Kier molecular flexibility index (Phi) is 7.22. The zero-order chi connectivity index (χ0) is 25.9. The van der Waals surface area contributed by atoms with Crippen LogP contribution in [0.3, 0.4) is 0 Å². The summed E-state index contributed by atoms with van der Waals surface area (Å²) < 4.78 is 13.4. The third kappa shape index (κ3) is 5.22. The molecule has 5 rings (SSSR count). The van der Waals surface area contributed by atoms with E-state index in [0.717, 1.165) is 47.7 Å². The predicted molar refractivity (Wildman–Crippen MR) is 142 cm³/mol. The molecule has 3 aromatic rings. The number of anilines is 1. The fourth-order valence-corrected chi connectivity index (χ4v) is 5.49. The molecule has 1 N–H and O–H groups in total. The first-order valence-corrected chi connectivity index (χ1v) is 13.1. The smallest absolute Gasteiger partial charge is 0.258 e. The van der Waals surface area contributed by atoms with Crippen molar-refractivity contribution in [1.29, 1.82) is 0 Å². The maximum atomic E-state index is 13.4. The van der Waals surface area contributed by atoms with Gasteiger partial charge in [0.25, 0.3) is 5.91 Å². The lowest BCUT2D eigenvalue weighted by atomic mass is 10.1. The van der Waals surface area contributed by atoms with E-state index in [0.29, 0.717) is 18.5 Å². The zero-order valence-electron chi connectivity index (χ0n) is 21.1. The minimum atomic E-state index is -0.662. The van der Waals surface area contributed by atoms with E-state index in [1.807, 2.05) is 36.4 Å². The standard InChI is InChI=1S/C30H32FN3O3/c1-20(29(36)32-24-9-2-3-10-24)34(19-21-14-16-23(31)17-15-21)27(35)13-6-18-33-26-12-5-8-22-7-4-11-25(28(22)26)30(33)37/h4-5,7-8,11-12,14-17,20,24H,2-3,6,9-10,13,18-19H2,1H3,(H,32,36). The molecular weight excluding hydrogens is 469 g/mol. The predicted octanol–water partition coefficient (Wildman–Crippen LogP) is 5.20. The lowest BCUT2D eigenvalue weighted by Gasteiger charge is -2.30. The van der Waals surface area contributed by atoms with Crippen molar-refractivity contribution in [2.45, 2.75) is 64.1 Å². The summed E-state index contributed by atoms with van der Waals surface area (Å²) in [5, 5.41) is 5.07. The normalized spacial score (nSPS) is 15.8. The van der Waals surface area contributed by atoms with Gasteiger partial charge in [0.1, 0.15) is 11.9 Å². The third-order valence-electron chi connectivity index (χ3n) is 7.56. The number of nitrogens with zero attached hydrogens (tertiary/aromatic N) is 2. The van der Waals surface area contributed by atoms with Gasteiger partial charge in [0.15, 0.2) is 0 Å². The van der Waals surface area contributed by atoms with E-state index in [9.17, 15) is 18.8 Å². The van der Waals surface area contributed by atoms with Gasteiger partial charge in [0.2, 0.25) is 11.8 Å². The number of hydrogen-bond donors (Lipinski definition) is 1. The molecule has 0 bridgehead atoms. The first-order valence-electron chi connectivity index (χ1n) is 13.1. The second kappa shape index (κ2) is 10.7. The van der Waals surface area contributed by atoms with Crippen LogP contribution in [0.25, 0.3) is 10.8 Å². The molecule has 7 heteroatoms. The Morgan fingerprint density at radius 2 is 1.76 bits per heavy atom. The van der Waals surface area contributed by atoms with E-state index in [1.165, 1.54) is 12.1 Å². The van der Waals surface area contributed by atoms with Crippen LogP contribution in [0.2, 0.25) is 0 Å². The van der Waals surface area contributed by atoms with E-state index in [2.05, 4.69) is 5.32 Å². The molecule has 0 aromatic heterocycles. The van der Waals surface area contributed by atoms with Gasteiger partial charge in [-0.15, -0.1) is 0 Å². The highest BCUT2D eigenvalue weighted by Crippen LogP contribution is 2.37. The van der Waals surface area contributed by atoms with Gasteiger partial charge < -0.3 is 15.1 Å². The molecule has 37 heavy (non-hydrogen) atoms. The monoisotopic (exact) mass is 501 g/mol. The molecule has 1 atom stereocenters. The Morgan fingerprint density at radius 1 is 1.05 bits per heavy atom. The van der Waals surface area contributed by atoms with Crippen LogP contribution >= 0.6 is 0 Å².